The summed E-state index contributed by atoms with van der Waals surface area (Å²) < 4.78 is 0. The molecule has 1 aliphatic heterocycles. The van der Waals surface area contributed by atoms with E-state index in [9.17, 15) is 14.9 Å². The van der Waals surface area contributed by atoms with Gasteiger partial charge in [-0.15, -0.1) is 11.3 Å². The van der Waals surface area contributed by atoms with E-state index < -0.39 is 4.92 Å². The summed E-state index contributed by atoms with van der Waals surface area (Å²) in [5.74, 6) is -0.283. The van der Waals surface area contributed by atoms with Crippen molar-refractivity contribution in [2.75, 3.05) is 5.01 Å². The van der Waals surface area contributed by atoms with Gasteiger partial charge in [-0.1, -0.05) is 6.07 Å². The number of thiophene rings is 1. The lowest BCUT2D eigenvalue weighted by atomic mass is 10.1. The molecule has 1 aromatic carbocycles. The van der Waals surface area contributed by atoms with Crippen molar-refractivity contribution in [1.82, 2.24) is 0 Å². The Morgan fingerprint density at radius 1 is 1.26 bits per heavy atom. The molecule has 116 valence electrons. The van der Waals surface area contributed by atoms with Crippen molar-refractivity contribution >= 4 is 40.4 Å². The molecule has 1 aromatic heterocycles. The van der Waals surface area contributed by atoms with E-state index in [-0.39, 0.29) is 11.6 Å². The molecule has 0 N–H and O–H groups in total. The van der Waals surface area contributed by atoms with Crippen molar-refractivity contribution in [3.8, 4) is 0 Å². The van der Waals surface area contributed by atoms with E-state index in [1.54, 1.807) is 30.4 Å². The number of anilines is 1. The van der Waals surface area contributed by atoms with Gasteiger partial charge in [-0.25, -0.2) is 0 Å². The first-order chi connectivity index (χ1) is 11.0. The molecule has 3 rings (SSSR count). The summed E-state index contributed by atoms with van der Waals surface area (Å²) in [4.78, 5) is 25.1. The number of hydrogen-bond donors (Lipinski definition) is 0. The van der Waals surface area contributed by atoms with Crippen molar-refractivity contribution in [3.63, 3.8) is 0 Å². The molecule has 0 unspecified atom stereocenters. The first kappa shape index (κ1) is 15.1. The molecule has 7 heteroatoms. The van der Waals surface area contributed by atoms with Gasteiger partial charge in [-0.2, -0.15) is 10.1 Å². The van der Waals surface area contributed by atoms with Gasteiger partial charge in [0.15, 0.2) is 0 Å². The molecule has 0 radical (unpaired) electrons. The predicted octanol–water partition coefficient (Wildman–Crippen LogP) is 3.77. The number of nitro benzene ring substituents is 1. The van der Waals surface area contributed by atoms with Crippen LogP contribution >= 0.6 is 11.3 Å². The summed E-state index contributed by atoms with van der Waals surface area (Å²) in [5, 5.41) is 16.3. The molecular weight excluding hydrogens is 314 g/mol. The Hall–Kier alpha value is -2.80. The third-order valence-electron chi connectivity index (χ3n) is 3.40. The largest absolute Gasteiger partial charge is 0.280 e. The second kappa shape index (κ2) is 5.77. The number of carbonyl (C=O) groups is 1. The fraction of sp³-hybridized carbons (Fsp3) is 0.125. The molecular formula is C16H13N3O3S. The maximum atomic E-state index is 12.6. The minimum absolute atomic E-state index is 0.0746. The van der Waals surface area contributed by atoms with Gasteiger partial charge < -0.3 is 0 Å². The molecule has 1 amide bonds. The van der Waals surface area contributed by atoms with Crippen molar-refractivity contribution in [3.05, 3.63) is 61.8 Å². The summed E-state index contributed by atoms with van der Waals surface area (Å²) in [6.45, 7) is 3.75. The first-order valence-corrected chi connectivity index (χ1v) is 7.70. The van der Waals surface area contributed by atoms with Crippen molar-refractivity contribution in [2.24, 2.45) is 5.10 Å². The normalized spacial score (nSPS) is 16.1. The van der Waals surface area contributed by atoms with Gasteiger partial charge in [0.05, 0.1) is 21.9 Å². The van der Waals surface area contributed by atoms with Crippen LogP contribution in [0.3, 0.4) is 0 Å². The zero-order chi connectivity index (χ0) is 16.6. The first-order valence-electron chi connectivity index (χ1n) is 6.88. The lowest BCUT2D eigenvalue weighted by Crippen LogP contribution is -2.21. The van der Waals surface area contributed by atoms with Gasteiger partial charge in [-0.3, -0.25) is 14.9 Å². The number of hydrazone groups is 1. The molecule has 6 nitrogen and oxygen atoms in total. The SMILES string of the molecule is CC1=NN(c2cccc([N+](=O)[O-])c2)C(=O)/C1=C\c1ccc(C)s1. The van der Waals surface area contributed by atoms with Crippen LogP contribution in [-0.2, 0) is 4.79 Å². The fourth-order valence-corrected chi connectivity index (χ4v) is 3.09. The van der Waals surface area contributed by atoms with Crippen LogP contribution in [0.5, 0.6) is 0 Å². The van der Waals surface area contributed by atoms with E-state index in [1.807, 2.05) is 19.1 Å². The standard InChI is InChI=1S/C16H13N3O3S/c1-10-6-7-14(23-10)9-15-11(2)17-18(16(15)20)12-4-3-5-13(8-12)19(21)22/h3-9H,1-2H3/b15-9-. The average Bonchev–Trinajstić information content (AvgIpc) is 3.05. The number of nitro groups is 1. The molecule has 0 fully saturated rings. The lowest BCUT2D eigenvalue weighted by molar-refractivity contribution is -0.384. The van der Waals surface area contributed by atoms with Gasteiger partial charge in [0.25, 0.3) is 11.6 Å². The van der Waals surface area contributed by atoms with E-state index in [0.29, 0.717) is 17.0 Å². The third kappa shape index (κ3) is 2.91. The highest BCUT2D eigenvalue weighted by Crippen LogP contribution is 2.28. The molecule has 0 atom stereocenters. The smallest absolute Gasteiger partial charge is 0.267 e. The number of carbonyl (C=O) groups excluding carboxylic acids is 1. The van der Waals surface area contributed by atoms with E-state index in [1.165, 1.54) is 23.2 Å². The maximum Gasteiger partial charge on any atom is 0.280 e. The molecule has 0 saturated heterocycles. The third-order valence-corrected chi connectivity index (χ3v) is 4.34. The number of rotatable bonds is 3. The Bertz CT molecular complexity index is 867. The fourth-order valence-electron chi connectivity index (χ4n) is 2.27. The molecule has 0 aliphatic carbocycles. The molecule has 2 aromatic rings. The lowest BCUT2D eigenvalue weighted by Gasteiger charge is -2.11. The minimum Gasteiger partial charge on any atom is -0.267 e. The van der Waals surface area contributed by atoms with Crippen LogP contribution in [0.4, 0.5) is 11.4 Å². The number of aryl methyl sites for hydroxylation is 1. The molecule has 0 spiro atoms. The second-order valence-electron chi connectivity index (χ2n) is 5.09. The monoisotopic (exact) mass is 327 g/mol. The molecule has 2 heterocycles. The average molecular weight is 327 g/mol. The zero-order valence-electron chi connectivity index (χ0n) is 12.5. The van der Waals surface area contributed by atoms with Gasteiger partial charge in [-0.05, 0) is 38.1 Å². The molecule has 23 heavy (non-hydrogen) atoms. The highest BCUT2D eigenvalue weighted by Gasteiger charge is 2.29. The Morgan fingerprint density at radius 3 is 2.70 bits per heavy atom. The van der Waals surface area contributed by atoms with E-state index in [0.717, 1.165) is 9.75 Å². The Labute approximate surface area is 136 Å². The highest BCUT2D eigenvalue weighted by molar-refractivity contribution is 7.12. The van der Waals surface area contributed by atoms with Crippen LogP contribution in [0, 0.1) is 17.0 Å². The van der Waals surface area contributed by atoms with Gasteiger partial charge >= 0.3 is 0 Å². The highest BCUT2D eigenvalue weighted by atomic mass is 32.1. The molecule has 0 bridgehead atoms. The summed E-state index contributed by atoms with van der Waals surface area (Å²) in [6, 6.07) is 9.82. The molecule has 0 saturated carbocycles. The zero-order valence-corrected chi connectivity index (χ0v) is 13.3. The van der Waals surface area contributed by atoms with Crippen LogP contribution < -0.4 is 5.01 Å². The summed E-state index contributed by atoms with van der Waals surface area (Å²) >= 11 is 1.59. The predicted molar refractivity (Wildman–Crippen MR) is 90.7 cm³/mol. The van der Waals surface area contributed by atoms with Crippen LogP contribution in [0.25, 0.3) is 6.08 Å². The van der Waals surface area contributed by atoms with Crippen LogP contribution in [0.1, 0.15) is 16.7 Å². The molecule has 1 aliphatic rings. The van der Waals surface area contributed by atoms with E-state index in [4.69, 9.17) is 0 Å². The summed E-state index contributed by atoms with van der Waals surface area (Å²) in [7, 11) is 0. The Balaban J connectivity index is 1.95. The topological polar surface area (TPSA) is 75.8 Å². The number of non-ortho nitro benzene ring substituents is 1. The Kier molecular flexibility index (Phi) is 3.79. The second-order valence-corrected chi connectivity index (χ2v) is 6.41. The minimum atomic E-state index is -0.494. The number of benzene rings is 1. The summed E-state index contributed by atoms with van der Waals surface area (Å²) in [6.07, 6.45) is 1.80. The van der Waals surface area contributed by atoms with Crippen LogP contribution in [0.15, 0.2) is 47.1 Å². The quantitative estimate of drug-likeness (QED) is 0.489. The Morgan fingerprint density at radius 2 is 2.04 bits per heavy atom. The van der Waals surface area contributed by atoms with Crippen molar-refractivity contribution in [2.45, 2.75) is 13.8 Å². The van der Waals surface area contributed by atoms with Crippen molar-refractivity contribution < 1.29 is 9.72 Å². The van der Waals surface area contributed by atoms with Crippen LogP contribution in [-0.4, -0.2) is 16.5 Å². The van der Waals surface area contributed by atoms with E-state index in [2.05, 4.69) is 5.10 Å². The van der Waals surface area contributed by atoms with Crippen LogP contribution in [0.2, 0.25) is 0 Å². The van der Waals surface area contributed by atoms with Crippen molar-refractivity contribution in [1.29, 1.82) is 0 Å². The van der Waals surface area contributed by atoms with Gasteiger partial charge in [0.1, 0.15) is 0 Å². The number of nitrogens with zero attached hydrogens (tertiary/aromatic N) is 3. The number of hydrogen-bond acceptors (Lipinski definition) is 5. The summed E-state index contributed by atoms with van der Waals surface area (Å²) in [5.41, 5.74) is 1.40. The maximum absolute atomic E-state index is 12.6. The number of amides is 1. The van der Waals surface area contributed by atoms with Gasteiger partial charge in [0.2, 0.25) is 0 Å². The van der Waals surface area contributed by atoms with E-state index >= 15 is 0 Å². The van der Waals surface area contributed by atoms with Gasteiger partial charge in [0, 0.05) is 21.9 Å².